The lowest BCUT2D eigenvalue weighted by Gasteiger charge is -2.32. The molecule has 1 aromatic carbocycles. The van der Waals surface area contributed by atoms with Crippen LogP contribution in [0.25, 0.3) is 33.1 Å². The van der Waals surface area contributed by atoms with Gasteiger partial charge >= 0.3 is 5.69 Å². The highest BCUT2D eigenvalue weighted by Crippen LogP contribution is 2.32. The molecule has 0 radical (unpaired) electrons. The smallest absolute Gasteiger partial charge is 0.329 e. The van der Waals surface area contributed by atoms with E-state index >= 15 is 4.39 Å². The average Bonchev–Trinajstić information content (AvgIpc) is 3.13. The van der Waals surface area contributed by atoms with E-state index in [1.807, 2.05) is 19.9 Å². The van der Waals surface area contributed by atoms with Crippen molar-refractivity contribution in [3.05, 3.63) is 53.0 Å². The molecule has 1 aliphatic rings. The van der Waals surface area contributed by atoms with Gasteiger partial charge in [0.1, 0.15) is 5.82 Å². The van der Waals surface area contributed by atoms with Crippen molar-refractivity contribution in [2.24, 2.45) is 7.05 Å². The lowest BCUT2D eigenvalue weighted by Crippen LogP contribution is -2.44. The third-order valence-electron chi connectivity index (χ3n) is 7.03. The summed E-state index contributed by atoms with van der Waals surface area (Å²) >= 11 is 0. The molecule has 0 atom stereocenters. The Morgan fingerprint density at radius 2 is 1.83 bits per heavy atom. The average molecular weight is 493 g/mol. The molecule has 0 bridgehead atoms. The van der Waals surface area contributed by atoms with Gasteiger partial charge in [0, 0.05) is 80.7 Å². The Kier molecular flexibility index (Phi) is 6.77. The fraction of sp³-hybridized carbons (Fsp3) is 0.444. The highest BCUT2D eigenvalue weighted by molar-refractivity contribution is 6.04. The monoisotopic (exact) mass is 492 g/mol. The van der Waals surface area contributed by atoms with Crippen molar-refractivity contribution in [3.63, 3.8) is 0 Å². The first-order valence-corrected chi connectivity index (χ1v) is 12.5. The molecule has 0 N–H and O–H groups in total. The predicted octanol–water partition coefficient (Wildman–Crippen LogP) is 3.69. The molecular weight excluding hydrogens is 459 g/mol. The summed E-state index contributed by atoms with van der Waals surface area (Å²) < 4.78 is 24.3. The number of ether oxygens (including phenoxy) is 1. The maximum atomic E-state index is 15.1. The van der Waals surface area contributed by atoms with Crippen LogP contribution in [0.1, 0.15) is 26.3 Å². The summed E-state index contributed by atoms with van der Waals surface area (Å²) in [7, 11) is 3.89. The number of hydrogen-bond acceptors (Lipinski definition) is 6. The second kappa shape index (κ2) is 9.99. The molecule has 1 aliphatic heterocycles. The van der Waals surface area contributed by atoms with Crippen LogP contribution in [0.4, 0.5) is 4.39 Å². The van der Waals surface area contributed by atoms with Gasteiger partial charge in [0.2, 0.25) is 5.88 Å². The minimum Gasteiger partial charge on any atom is -0.478 e. The van der Waals surface area contributed by atoms with Gasteiger partial charge in [-0.1, -0.05) is 0 Å². The Morgan fingerprint density at radius 1 is 1.06 bits per heavy atom. The number of pyridine rings is 2. The molecule has 0 saturated carbocycles. The number of benzene rings is 1. The Hall–Kier alpha value is -3.30. The van der Waals surface area contributed by atoms with Crippen LogP contribution in [-0.4, -0.2) is 75.3 Å². The van der Waals surface area contributed by atoms with E-state index in [4.69, 9.17) is 4.74 Å². The molecule has 3 aromatic heterocycles. The van der Waals surface area contributed by atoms with Crippen molar-refractivity contribution in [2.45, 2.75) is 26.3 Å². The van der Waals surface area contributed by atoms with E-state index in [-0.39, 0.29) is 17.5 Å². The first-order valence-electron chi connectivity index (χ1n) is 12.5. The molecule has 1 fully saturated rings. The largest absolute Gasteiger partial charge is 0.478 e. The summed E-state index contributed by atoms with van der Waals surface area (Å²) in [6.45, 7) is 9.94. The summed E-state index contributed by atoms with van der Waals surface area (Å²) in [6.07, 6.45) is 4.20. The van der Waals surface area contributed by atoms with E-state index in [1.165, 1.54) is 6.07 Å². The third kappa shape index (κ3) is 4.60. The minimum absolute atomic E-state index is 0.0466. The van der Waals surface area contributed by atoms with Gasteiger partial charge in [-0.25, -0.2) is 14.2 Å². The van der Waals surface area contributed by atoms with Crippen LogP contribution < -0.4 is 10.4 Å². The number of imidazole rings is 1. The summed E-state index contributed by atoms with van der Waals surface area (Å²) in [5.41, 5.74) is 2.94. The molecule has 8 nitrogen and oxygen atoms in total. The van der Waals surface area contributed by atoms with Gasteiger partial charge in [0.25, 0.3) is 0 Å². The zero-order valence-corrected chi connectivity index (χ0v) is 21.4. The van der Waals surface area contributed by atoms with E-state index in [1.54, 1.807) is 40.7 Å². The van der Waals surface area contributed by atoms with E-state index in [0.717, 1.165) is 55.6 Å². The topological polar surface area (TPSA) is 68.4 Å². The van der Waals surface area contributed by atoms with Crippen LogP contribution in [0, 0.1) is 5.82 Å². The van der Waals surface area contributed by atoms with Gasteiger partial charge in [-0.05, 0) is 39.4 Å². The quantitative estimate of drug-likeness (QED) is 0.367. The zero-order chi connectivity index (χ0) is 25.4. The van der Waals surface area contributed by atoms with Gasteiger partial charge in [-0.2, -0.15) is 0 Å². The third-order valence-corrected chi connectivity index (χ3v) is 7.03. The lowest BCUT2D eigenvalue weighted by molar-refractivity contribution is 0.145. The Labute approximate surface area is 209 Å². The molecular formula is C27H33FN6O2. The van der Waals surface area contributed by atoms with Crippen LogP contribution in [0.5, 0.6) is 5.88 Å². The fourth-order valence-corrected chi connectivity index (χ4v) is 4.91. The Bertz CT molecular complexity index is 1440. The summed E-state index contributed by atoms with van der Waals surface area (Å²) in [5.74, 6) is 0.144. The molecule has 0 unspecified atom stereocenters. The zero-order valence-electron chi connectivity index (χ0n) is 21.4. The maximum Gasteiger partial charge on any atom is 0.329 e. The van der Waals surface area contributed by atoms with Gasteiger partial charge in [0.05, 0.1) is 29.4 Å². The molecule has 0 amide bonds. The summed E-state index contributed by atoms with van der Waals surface area (Å²) in [4.78, 5) is 26.5. The molecule has 190 valence electrons. The first-order chi connectivity index (χ1) is 17.3. The van der Waals surface area contributed by atoms with Gasteiger partial charge in [-0.3, -0.25) is 14.1 Å². The van der Waals surface area contributed by atoms with E-state index in [9.17, 15) is 4.79 Å². The number of aromatic nitrogens is 4. The number of hydrogen-bond donors (Lipinski definition) is 0. The van der Waals surface area contributed by atoms with Crippen molar-refractivity contribution in [3.8, 4) is 17.0 Å². The van der Waals surface area contributed by atoms with Crippen LogP contribution >= 0.6 is 0 Å². The number of likely N-dealkylation sites (N-methyl/N-ethyl adjacent to an activating group) is 1. The number of nitrogens with zero attached hydrogens (tertiary/aromatic N) is 6. The van der Waals surface area contributed by atoms with Crippen LogP contribution in [0.15, 0.2) is 41.5 Å². The number of fused-ring (bicyclic) bond motifs is 3. The molecule has 4 aromatic rings. The SMILES string of the molecule is CC(C)n1c(=O)n(C)c2cnc3cc(F)c(-c4ccc(OCCCN5CCN(C)CC5)nc4)cc3c21. The summed E-state index contributed by atoms with van der Waals surface area (Å²) in [5, 5.41) is 0.736. The molecule has 36 heavy (non-hydrogen) atoms. The Balaban J connectivity index is 1.36. The Morgan fingerprint density at radius 3 is 2.53 bits per heavy atom. The summed E-state index contributed by atoms with van der Waals surface area (Å²) in [6, 6.07) is 6.75. The molecule has 0 spiro atoms. The van der Waals surface area contributed by atoms with Gasteiger partial charge < -0.3 is 14.5 Å². The predicted molar refractivity (Wildman–Crippen MR) is 140 cm³/mol. The van der Waals surface area contributed by atoms with Crippen LogP contribution in [0.3, 0.4) is 0 Å². The molecule has 0 aliphatic carbocycles. The normalized spacial score (nSPS) is 15.4. The molecule has 5 rings (SSSR count). The minimum atomic E-state index is -0.383. The van der Waals surface area contributed by atoms with Crippen molar-refractivity contribution in [2.75, 3.05) is 46.4 Å². The van der Waals surface area contributed by atoms with E-state index in [2.05, 4.69) is 26.8 Å². The number of piperazine rings is 1. The second-order valence-corrected chi connectivity index (χ2v) is 9.88. The van der Waals surface area contributed by atoms with Gasteiger partial charge in [-0.15, -0.1) is 0 Å². The van der Waals surface area contributed by atoms with E-state index in [0.29, 0.717) is 29.1 Å². The number of halogens is 1. The number of rotatable bonds is 7. The van der Waals surface area contributed by atoms with Crippen LogP contribution in [0.2, 0.25) is 0 Å². The molecule has 4 heterocycles. The van der Waals surface area contributed by atoms with Crippen molar-refractivity contribution < 1.29 is 9.13 Å². The first kappa shape index (κ1) is 24.4. The van der Waals surface area contributed by atoms with Crippen LogP contribution in [-0.2, 0) is 7.05 Å². The lowest BCUT2D eigenvalue weighted by atomic mass is 10.0. The molecule has 1 saturated heterocycles. The molecule has 9 heteroatoms. The maximum absolute atomic E-state index is 15.1. The second-order valence-electron chi connectivity index (χ2n) is 9.88. The standard InChI is InChI=1S/C27H33FN6O2/c1-18(2)34-26-21-14-20(22(28)15-23(21)29-17-24(26)32(4)27(34)35)19-6-7-25(30-16-19)36-13-5-8-33-11-9-31(3)10-12-33/h6-7,14-18H,5,8-13H2,1-4H3. The van der Waals surface area contributed by atoms with Gasteiger partial charge in [0.15, 0.2) is 0 Å². The fourth-order valence-electron chi connectivity index (χ4n) is 4.91. The van der Waals surface area contributed by atoms with E-state index < -0.39 is 0 Å². The van der Waals surface area contributed by atoms with Crippen molar-refractivity contribution in [1.29, 1.82) is 0 Å². The number of aryl methyl sites for hydroxylation is 1. The van der Waals surface area contributed by atoms with Crippen molar-refractivity contribution in [1.82, 2.24) is 28.9 Å². The highest BCUT2D eigenvalue weighted by atomic mass is 19.1. The van der Waals surface area contributed by atoms with Crippen molar-refractivity contribution >= 4 is 21.9 Å². The highest BCUT2D eigenvalue weighted by Gasteiger charge is 2.19.